The molecule has 3 rings (SSSR count). The third-order valence-corrected chi connectivity index (χ3v) is 4.00. The Labute approximate surface area is 165 Å². The highest BCUT2D eigenvalue weighted by Crippen LogP contribution is 2.21. The van der Waals surface area contributed by atoms with Crippen molar-refractivity contribution in [2.45, 2.75) is 6.54 Å². The molecule has 0 bridgehead atoms. The molecule has 0 radical (unpaired) electrons. The lowest BCUT2D eigenvalue weighted by Gasteiger charge is -2.09. The standard InChI is InChI=1S/C20H15ClN2O5/c21-28-20(26)15-7-1-2-8-16(15)23-19(25)18(24)22-12-13-5-3-6-14(11-13)17-9-4-10-27-17/h1-11H,12H2,(H,22,24)(H,23,25). The maximum absolute atomic E-state index is 12.1. The molecule has 1 heterocycles. The molecule has 0 aliphatic carbocycles. The van der Waals surface area contributed by atoms with Gasteiger partial charge in [-0.1, -0.05) is 30.3 Å². The smallest absolute Gasteiger partial charge is 0.358 e. The number of furan rings is 1. The number of carbonyl (C=O) groups is 3. The van der Waals surface area contributed by atoms with Crippen molar-refractivity contribution in [3.8, 4) is 11.3 Å². The number of carbonyl (C=O) groups excluding carboxylic acids is 3. The number of nitrogens with one attached hydrogen (secondary N) is 2. The molecule has 8 heteroatoms. The maximum atomic E-state index is 12.1. The van der Waals surface area contributed by atoms with Crippen LogP contribution in [0.3, 0.4) is 0 Å². The lowest BCUT2D eigenvalue weighted by Crippen LogP contribution is -2.35. The summed E-state index contributed by atoms with van der Waals surface area (Å²) < 4.78 is 9.49. The van der Waals surface area contributed by atoms with Gasteiger partial charge in [0.15, 0.2) is 0 Å². The Morgan fingerprint density at radius 3 is 2.54 bits per heavy atom. The summed E-state index contributed by atoms with van der Waals surface area (Å²) in [5, 5.41) is 4.90. The Balaban J connectivity index is 1.62. The fourth-order valence-electron chi connectivity index (χ4n) is 2.53. The summed E-state index contributed by atoms with van der Waals surface area (Å²) in [5.74, 6) is -1.91. The van der Waals surface area contributed by atoms with Gasteiger partial charge in [0, 0.05) is 12.1 Å². The second kappa shape index (κ2) is 8.88. The van der Waals surface area contributed by atoms with Crippen molar-refractivity contribution in [2.24, 2.45) is 0 Å². The summed E-state index contributed by atoms with van der Waals surface area (Å²) in [4.78, 5) is 35.8. The Morgan fingerprint density at radius 1 is 0.964 bits per heavy atom. The van der Waals surface area contributed by atoms with Crippen molar-refractivity contribution < 1.29 is 23.1 Å². The first-order valence-corrected chi connectivity index (χ1v) is 8.53. The van der Waals surface area contributed by atoms with Gasteiger partial charge in [0.1, 0.15) is 17.6 Å². The molecule has 7 nitrogen and oxygen atoms in total. The van der Waals surface area contributed by atoms with Crippen molar-refractivity contribution in [2.75, 3.05) is 5.32 Å². The van der Waals surface area contributed by atoms with Crippen LogP contribution in [-0.2, 0) is 20.4 Å². The van der Waals surface area contributed by atoms with Crippen LogP contribution in [-0.4, -0.2) is 17.8 Å². The van der Waals surface area contributed by atoms with Gasteiger partial charge in [-0.25, -0.2) is 4.79 Å². The molecule has 0 aliphatic rings. The van der Waals surface area contributed by atoms with Crippen LogP contribution in [0, 0.1) is 0 Å². The summed E-state index contributed by atoms with van der Waals surface area (Å²) in [6.07, 6.45) is 1.58. The van der Waals surface area contributed by atoms with E-state index in [-0.39, 0.29) is 17.8 Å². The molecule has 0 saturated carbocycles. The molecule has 0 spiro atoms. The zero-order valence-electron chi connectivity index (χ0n) is 14.5. The van der Waals surface area contributed by atoms with Crippen molar-refractivity contribution in [1.29, 1.82) is 0 Å². The second-order valence-corrected chi connectivity index (χ2v) is 5.88. The van der Waals surface area contributed by atoms with Gasteiger partial charge < -0.3 is 19.3 Å². The van der Waals surface area contributed by atoms with E-state index >= 15 is 0 Å². The molecule has 2 aromatic carbocycles. The van der Waals surface area contributed by atoms with Gasteiger partial charge in [-0.15, -0.1) is 0 Å². The van der Waals surface area contributed by atoms with Crippen LogP contribution in [0.2, 0.25) is 0 Å². The molecule has 28 heavy (non-hydrogen) atoms. The van der Waals surface area contributed by atoms with Gasteiger partial charge in [-0.2, -0.15) is 0 Å². The molecule has 0 saturated heterocycles. The van der Waals surface area contributed by atoms with Gasteiger partial charge in [-0.05, 0) is 35.9 Å². The van der Waals surface area contributed by atoms with E-state index in [1.165, 1.54) is 12.1 Å². The number of anilines is 1. The van der Waals surface area contributed by atoms with Crippen LogP contribution in [0.4, 0.5) is 5.69 Å². The van der Waals surface area contributed by atoms with E-state index in [9.17, 15) is 14.4 Å². The SMILES string of the molecule is O=C(NCc1cccc(-c2ccco2)c1)C(=O)Nc1ccccc1C(=O)OCl. The molecule has 142 valence electrons. The highest BCUT2D eigenvalue weighted by Gasteiger charge is 2.18. The summed E-state index contributed by atoms with van der Waals surface area (Å²) in [6.45, 7) is 0.145. The molecule has 0 fully saturated rings. The molecule has 0 unspecified atom stereocenters. The molecule has 2 amide bonds. The minimum absolute atomic E-state index is 0.0322. The van der Waals surface area contributed by atoms with Crippen LogP contribution in [0.25, 0.3) is 11.3 Å². The number of para-hydroxylation sites is 1. The molecule has 1 aromatic heterocycles. The molecule has 0 atom stereocenters. The first-order valence-electron chi connectivity index (χ1n) is 8.22. The predicted molar refractivity (Wildman–Crippen MR) is 102 cm³/mol. The number of rotatable bonds is 5. The van der Waals surface area contributed by atoms with Gasteiger partial charge in [0.05, 0.1) is 17.5 Å². The topological polar surface area (TPSA) is 97.6 Å². The van der Waals surface area contributed by atoms with Crippen molar-refractivity contribution in [3.05, 3.63) is 78.1 Å². The number of halogens is 1. The number of hydrogen-bond acceptors (Lipinski definition) is 5. The lowest BCUT2D eigenvalue weighted by atomic mass is 10.1. The zero-order chi connectivity index (χ0) is 19.9. The third kappa shape index (κ3) is 4.57. The fraction of sp³-hybridized carbons (Fsp3) is 0.0500. The lowest BCUT2D eigenvalue weighted by molar-refractivity contribution is -0.136. The summed E-state index contributed by atoms with van der Waals surface area (Å²) >= 11 is 5.08. The quantitative estimate of drug-likeness (QED) is 0.641. The van der Waals surface area contributed by atoms with Crippen molar-refractivity contribution >= 4 is 35.3 Å². The minimum Gasteiger partial charge on any atom is -0.464 e. The second-order valence-electron chi connectivity index (χ2n) is 5.72. The average Bonchev–Trinajstić information content (AvgIpc) is 3.27. The molecule has 3 aromatic rings. The average molecular weight is 399 g/mol. The predicted octanol–water partition coefficient (Wildman–Crippen LogP) is 3.51. The van der Waals surface area contributed by atoms with E-state index in [4.69, 9.17) is 16.3 Å². The number of benzene rings is 2. The Morgan fingerprint density at radius 2 is 1.79 bits per heavy atom. The van der Waals surface area contributed by atoms with Crippen molar-refractivity contribution in [3.63, 3.8) is 0 Å². The Kier molecular flexibility index (Phi) is 6.08. The first-order chi connectivity index (χ1) is 13.6. The van der Waals surface area contributed by atoms with Gasteiger partial charge in [0.2, 0.25) is 0 Å². The normalized spacial score (nSPS) is 10.2. The summed E-state index contributed by atoms with van der Waals surface area (Å²) in [6, 6.07) is 17.0. The van der Waals surface area contributed by atoms with Gasteiger partial charge in [-0.3, -0.25) is 9.59 Å². The summed E-state index contributed by atoms with van der Waals surface area (Å²) in [5.41, 5.74) is 1.80. The van der Waals surface area contributed by atoms with Gasteiger partial charge >= 0.3 is 17.8 Å². The molecular weight excluding hydrogens is 384 g/mol. The van der Waals surface area contributed by atoms with E-state index in [1.807, 2.05) is 30.3 Å². The van der Waals surface area contributed by atoms with Gasteiger partial charge in [0.25, 0.3) is 0 Å². The first kappa shape index (κ1) is 19.2. The third-order valence-electron chi connectivity index (χ3n) is 3.86. The van der Waals surface area contributed by atoms with E-state index in [0.717, 1.165) is 11.1 Å². The van der Waals surface area contributed by atoms with Crippen LogP contribution < -0.4 is 10.6 Å². The highest BCUT2D eigenvalue weighted by atomic mass is 35.5. The van der Waals surface area contributed by atoms with Crippen LogP contribution >= 0.6 is 11.9 Å². The Bertz CT molecular complexity index is 1000. The summed E-state index contributed by atoms with van der Waals surface area (Å²) in [7, 11) is 0. The number of hydrogen-bond donors (Lipinski definition) is 2. The molecule has 2 N–H and O–H groups in total. The minimum atomic E-state index is -0.919. The monoisotopic (exact) mass is 398 g/mol. The van der Waals surface area contributed by atoms with Crippen LogP contribution in [0.5, 0.6) is 0 Å². The van der Waals surface area contributed by atoms with E-state index < -0.39 is 17.8 Å². The largest absolute Gasteiger partial charge is 0.464 e. The zero-order valence-corrected chi connectivity index (χ0v) is 15.2. The molecule has 0 aliphatic heterocycles. The van der Waals surface area contributed by atoms with Crippen LogP contribution in [0.1, 0.15) is 15.9 Å². The van der Waals surface area contributed by atoms with Crippen LogP contribution in [0.15, 0.2) is 71.3 Å². The fourth-order valence-corrected chi connectivity index (χ4v) is 2.61. The molecular formula is C20H15ClN2O5. The maximum Gasteiger partial charge on any atom is 0.358 e. The van der Waals surface area contributed by atoms with E-state index in [0.29, 0.717) is 5.76 Å². The van der Waals surface area contributed by atoms with E-state index in [2.05, 4.69) is 14.9 Å². The highest BCUT2D eigenvalue weighted by molar-refractivity contribution is 6.40. The van der Waals surface area contributed by atoms with E-state index in [1.54, 1.807) is 24.5 Å². The Hall–Kier alpha value is -3.58. The van der Waals surface area contributed by atoms with Crippen molar-refractivity contribution in [1.82, 2.24) is 5.32 Å². The number of amides is 2.